The van der Waals surface area contributed by atoms with Crippen molar-refractivity contribution in [3.63, 3.8) is 0 Å². The highest BCUT2D eigenvalue weighted by Crippen LogP contribution is 2.28. The van der Waals surface area contributed by atoms with Crippen LogP contribution in [0.1, 0.15) is 38.2 Å². The van der Waals surface area contributed by atoms with Crippen molar-refractivity contribution < 1.29 is 12.8 Å². The minimum absolute atomic E-state index is 0.0266. The van der Waals surface area contributed by atoms with Crippen LogP contribution in [0.15, 0.2) is 17.0 Å². The van der Waals surface area contributed by atoms with Gasteiger partial charge in [-0.3, -0.25) is 0 Å². The number of rotatable bonds is 4. The molecule has 0 radical (unpaired) electrons. The van der Waals surface area contributed by atoms with E-state index < -0.39 is 15.8 Å². The molecule has 4 nitrogen and oxygen atoms in total. The smallest absolute Gasteiger partial charge is 0.240 e. The Bertz CT molecular complexity index is 572. The summed E-state index contributed by atoms with van der Waals surface area (Å²) in [4.78, 5) is 0.0266. The second kappa shape index (κ2) is 5.69. The first-order chi connectivity index (χ1) is 9.31. The van der Waals surface area contributed by atoms with E-state index in [0.29, 0.717) is 5.92 Å². The zero-order valence-electron chi connectivity index (χ0n) is 11.8. The molecule has 1 aliphatic carbocycles. The molecule has 1 aliphatic rings. The van der Waals surface area contributed by atoms with Crippen molar-refractivity contribution in [2.45, 2.75) is 50.5 Å². The van der Waals surface area contributed by atoms with E-state index in [1.54, 1.807) is 0 Å². The van der Waals surface area contributed by atoms with Crippen molar-refractivity contribution in [3.8, 4) is 0 Å². The maximum Gasteiger partial charge on any atom is 0.240 e. The van der Waals surface area contributed by atoms with Crippen LogP contribution in [0.5, 0.6) is 0 Å². The van der Waals surface area contributed by atoms with Gasteiger partial charge >= 0.3 is 0 Å². The van der Waals surface area contributed by atoms with Crippen molar-refractivity contribution in [1.29, 1.82) is 0 Å². The highest BCUT2D eigenvalue weighted by Gasteiger charge is 2.26. The Morgan fingerprint density at radius 2 is 1.95 bits per heavy atom. The van der Waals surface area contributed by atoms with Crippen LogP contribution in [-0.4, -0.2) is 14.5 Å². The lowest BCUT2D eigenvalue weighted by molar-refractivity contribution is 0.424. The third kappa shape index (κ3) is 3.12. The molecule has 1 fully saturated rings. The summed E-state index contributed by atoms with van der Waals surface area (Å²) in [7, 11) is -3.66. The molecule has 6 heteroatoms. The first-order valence-corrected chi connectivity index (χ1v) is 8.37. The lowest BCUT2D eigenvalue weighted by Gasteiger charge is -2.20. The molecule has 0 amide bonds. The van der Waals surface area contributed by atoms with Gasteiger partial charge in [0.2, 0.25) is 10.0 Å². The molecule has 0 aromatic heterocycles. The quantitative estimate of drug-likeness (QED) is 0.839. The van der Waals surface area contributed by atoms with Gasteiger partial charge in [0, 0.05) is 6.04 Å². The summed E-state index contributed by atoms with van der Waals surface area (Å²) in [6, 6.07) is 2.37. The van der Waals surface area contributed by atoms with Crippen LogP contribution in [0.25, 0.3) is 0 Å². The van der Waals surface area contributed by atoms with E-state index in [2.05, 4.69) is 4.72 Å². The van der Waals surface area contributed by atoms with Crippen LogP contribution < -0.4 is 10.5 Å². The SMILES string of the molecule is Cc1cc(S(=O)(=O)NC(C)C2CCCC2)cc(N)c1F. The number of aryl methyl sites for hydroxylation is 1. The fraction of sp³-hybridized carbons (Fsp3) is 0.571. The van der Waals surface area contributed by atoms with Crippen molar-refractivity contribution in [2.75, 3.05) is 5.73 Å². The van der Waals surface area contributed by atoms with E-state index in [9.17, 15) is 12.8 Å². The second-order valence-corrected chi connectivity index (χ2v) is 7.31. The van der Waals surface area contributed by atoms with Gasteiger partial charge in [-0.25, -0.2) is 17.5 Å². The van der Waals surface area contributed by atoms with E-state index in [1.165, 1.54) is 19.1 Å². The highest BCUT2D eigenvalue weighted by molar-refractivity contribution is 7.89. The van der Waals surface area contributed by atoms with Gasteiger partial charge in [0.25, 0.3) is 0 Å². The van der Waals surface area contributed by atoms with Crippen molar-refractivity contribution in [2.24, 2.45) is 5.92 Å². The topological polar surface area (TPSA) is 72.2 Å². The zero-order valence-corrected chi connectivity index (χ0v) is 12.6. The Balaban J connectivity index is 2.21. The van der Waals surface area contributed by atoms with Crippen LogP contribution >= 0.6 is 0 Å². The largest absolute Gasteiger partial charge is 0.396 e. The summed E-state index contributed by atoms with van der Waals surface area (Å²) in [5.41, 5.74) is 5.60. The molecule has 0 heterocycles. The molecule has 1 atom stereocenters. The maximum atomic E-state index is 13.5. The van der Waals surface area contributed by atoms with Crippen LogP contribution in [0.4, 0.5) is 10.1 Å². The molecular formula is C14H21FN2O2S. The number of hydrogen-bond acceptors (Lipinski definition) is 3. The standard InChI is InChI=1S/C14H21FN2O2S/c1-9-7-12(8-13(16)14(9)15)20(18,19)17-10(2)11-5-3-4-6-11/h7-8,10-11,17H,3-6,16H2,1-2H3. The predicted octanol–water partition coefficient (Wildman–Crippen LogP) is 2.57. The van der Waals surface area contributed by atoms with Crippen molar-refractivity contribution in [3.05, 3.63) is 23.5 Å². The first kappa shape index (κ1) is 15.3. The third-order valence-corrected chi connectivity index (χ3v) is 5.55. The lowest BCUT2D eigenvalue weighted by atomic mass is 10.0. The zero-order chi connectivity index (χ0) is 14.9. The fourth-order valence-corrected chi connectivity index (χ4v) is 4.22. The Labute approximate surface area is 119 Å². The van der Waals surface area contributed by atoms with Gasteiger partial charge < -0.3 is 5.73 Å². The van der Waals surface area contributed by atoms with Gasteiger partial charge in [-0.1, -0.05) is 12.8 Å². The molecule has 20 heavy (non-hydrogen) atoms. The predicted molar refractivity (Wildman–Crippen MR) is 77.3 cm³/mol. The molecular weight excluding hydrogens is 279 g/mol. The molecule has 0 spiro atoms. The normalized spacial score (nSPS) is 18.4. The summed E-state index contributed by atoms with van der Waals surface area (Å²) in [5, 5.41) is 0. The summed E-state index contributed by atoms with van der Waals surface area (Å²) in [6.07, 6.45) is 4.40. The number of anilines is 1. The minimum Gasteiger partial charge on any atom is -0.396 e. The Kier molecular flexibility index (Phi) is 4.34. The Morgan fingerprint density at radius 1 is 1.35 bits per heavy atom. The molecule has 1 aromatic rings. The fourth-order valence-electron chi connectivity index (χ4n) is 2.78. The van der Waals surface area contributed by atoms with Gasteiger partial charge in [0.15, 0.2) is 0 Å². The summed E-state index contributed by atoms with van der Waals surface area (Å²) < 4.78 is 40.8. The second-order valence-electron chi connectivity index (χ2n) is 5.60. The van der Waals surface area contributed by atoms with Gasteiger partial charge in [-0.15, -0.1) is 0 Å². The van der Waals surface area contributed by atoms with Gasteiger partial charge in [-0.2, -0.15) is 0 Å². The average molecular weight is 300 g/mol. The van der Waals surface area contributed by atoms with E-state index in [-0.39, 0.29) is 22.2 Å². The molecule has 0 bridgehead atoms. The number of halogens is 1. The first-order valence-electron chi connectivity index (χ1n) is 6.89. The van der Waals surface area contributed by atoms with Gasteiger partial charge in [-0.05, 0) is 50.3 Å². The number of sulfonamides is 1. The average Bonchev–Trinajstić information content (AvgIpc) is 2.88. The number of nitrogens with two attached hydrogens (primary N) is 1. The number of hydrogen-bond donors (Lipinski definition) is 2. The number of benzene rings is 1. The van der Waals surface area contributed by atoms with E-state index in [0.717, 1.165) is 25.7 Å². The molecule has 0 saturated heterocycles. The summed E-state index contributed by atoms with van der Waals surface area (Å²) in [5.74, 6) is -0.184. The van der Waals surface area contributed by atoms with Gasteiger partial charge in [0.05, 0.1) is 10.6 Å². The Hall–Kier alpha value is -1.14. The van der Waals surface area contributed by atoms with Crippen LogP contribution in [0.3, 0.4) is 0 Å². The third-order valence-electron chi connectivity index (χ3n) is 4.01. The molecule has 2 rings (SSSR count). The molecule has 112 valence electrons. The highest BCUT2D eigenvalue weighted by atomic mass is 32.2. The molecule has 1 saturated carbocycles. The molecule has 0 aliphatic heterocycles. The number of nitrogens with one attached hydrogen (secondary N) is 1. The molecule has 3 N–H and O–H groups in total. The summed E-state index contributed by atoms with van der Waals surface area (Å²) >= 11 is 0. The Morgan fingerprint density at radius 3 is 2.50 bits per heavy atom. The number of nitrogen functional groups attached to an aromatic ring is 1. The van der Waals surface area contributed by atoms with Crippen LogP contribution in [0.2, 0.25) is 0 Å². The molecule has 1 aromatic carbocycles. The van der Waals surface area contributed by atoms with Crippen LogP contribution in [-0.2, 0) is 10.0 Å². The van der Waals surface area contributed by atoms with E-state index >= 15 is 0 Å². The van der Waals surface area contributed by atoms with E-state index in [4.69, 9.17) is 5.73 Å². The monoisotopic (exact) mass is 300 g/mol. The van der Waals surface area contributed by atoms with Crippen molar-refractivity contribution >= 4 is 15.7 Å². The lowest BCUT2D eigenvalue weighted by Crippen LogP contribution is -2.37. The summed E-state index contributed by atoms with van der Waals surface area (Å²) in [6.45, 7) is 3.39. The maximum absolute atomic E-state index is 13.5. The van der Waals surface area contributed by atoms with E-state index in [1.807, 2.05) is 6.92 Å². The van der Waals surface area contributed by atoms with Gasteiger partial charge in [0.1, 0.15) is 5.82 Å². The minimum atomic E-state index is -3.66. The van der Waals surface area contributed by atoms with Crippen LogP contribution in [0, 0.1) is 18.7 Å². The van der Waals surface area contributed by atoms with Crippen molar-refractivity contribution in [1.82, 2.24) is 4.72 Å². The molecule has 1 unspecified atom stereocenters.